The normalized spacial score (nSPS) is 50.2. The van der Waals surface area contributed by atoms with Crippen LogP contribution in [0, 0.1) is 0 Å². The Kier molecular flexibility index (Phi) is 6.50. The number of rotatable bonds is 4. The zero-order valence-corrected chi connectivity index (χ0v) is 13.0. The number of ether oxygens (including phenoxy) is 2. The van der Waals surface area contributed by atoms with Gasteiger partial charge in [0.2, 0.25) is 0 Å². The number of nitrogens with zero attached hydrogens (tertiary/aromatic N) is 1. The summed E-state index contributed by atoms with van der Waals surface area (Å²) in [5.74, 6) is 0. The number of hydrogen-bond acceptors (Lipinski definition) is 11. The van der Waals surface area contributed by atoms with E-state index in [1.807, 2.05) is 0 Å². The highest BCUT2D eigenvalue weighted by atomic mass is 16.6. The zero-order chi connectivity index (χ0) is 18.2. The highest BCUT2D eigenvalue weighted by Crippen LogP contribution is 2.29. The van der Waals surface area contributed by atoms with E-state index in [1.165, 1.54) is 7.05 Å². The van der Waals surface area contributed by atoms with Crippen LogP contribution in [0.1, 0.15) is 0 Å². The van der Waals surface area contributed by atoms with Crippen LogP contribution in [0.5, 0.6) is 0 Å². The van der Waals surface area contributed by atoms with Gasteiger partial charge in [-0.25, -0.2) is 0 Å². The lowest BCUT2D eigenvalue weighted by Crippen LogP contribution is -2.70. The molecule has 2 fully saturated rings. The molecule has 8 N–H and O–H groups in total. The van der Waals surface area contributed by atoms with Crippen molar-refractivity contribution >= 4 is 0 Å². The van der Waals surface area contributed by atoms with Crippen molar-refractivity contribution in [2.45, 2.75) is 61.3 Å². The molecule has 2 heterocycles. The fraction of sp³-hybridized carbons (Fsp3) is 1.00. The SMILES string of the molecule is CN(C1O[C@H](CO)[C@@H](O)[C@H](O)[C@H]1O)[C@H]1C(O)O[C@H](CO)[C@@H](O)[C@@H]1O. The van der Waals surface area contributed by atoms with Crippen molar-refractivity contribution in [1.29, 1.82) is 0 Å². The summed E-state index contributed by atoms with van der Waals surface area (Å²) in [5, 5.41) is 78.1. The Labute approximate surface area is 137 Å². The summed E-state index contributed by atoms with van der Waals surface area (Å²) in [6, 6.07) is -1.26. The van der Waals surface area contributed by atoms with Crippen molar-refractivity contribution in [2.24, 2.45) is 0 Å². The molecule has 2 saturated heterocycles. The molecule has 10 atom stereocenters. The second kappa shape index (κ2) is 7.85. The molecule has 2 unspecified atom stereocenters. The van der Waals surface area contributed by atoms with E-state index < -0.39 is 74.5 Å². The Morgan fingerprint density at radius 1 is 0.708 bits per heavy atom. The van der Waals surface area contributed by atoms with Gasteiger partial charge in [-0.2, -0.15) is 0 Å². The van der Waals surface area contributed by atoms with Gasteiger partial charge in [0, 0.05) is 0 Å². The van der Waals surface area contributed by atoms with Gasteiger partial charge in [-0.1, -0.05) is 0 Å². The van der Waals surface area contributed by atoms with Gasteiger partial charge in [0.25, 0.3) is 0 Å². The van der Waals surface area contributed by atoms with Crippen LogP contribution in [0.2, 0.25) is 0 Å². The first-order chi connectivity index (χ1) is 11.2. The van der Waals surface area contributed by atoms with Gasteiger partial charge in [0.1, 0.15) is 49.0 Å². The maximum atomic E-state index is 10.2. The summed E-state index contributed by atoms with van der Waals surface area (Å²) < 4.78 is 10.4. The largest absolute Gasteiger partial charge is 0.394 e. The molecule has 0 bridgehead atoms. The van der Waals surface area contributed by atoms with Gasteiger partial charge in [0.05, 0.1) is 19.3 Å². The van der Waals surface area contributed by atoms with Gasteiger partial charge in [-0.05, 0) is 7.05 Å². The first-order valence-electron chi connectivity index (χ1n) is 7.57. The molecule has 24 heavy (non-hydrogen) atoms. The fourth-order valence-electron chi connectivity index (χ4n) is 3.11. The molecule has 0 saturated carbocycles. The van der Waals surface area contributed by atoms with E-state index in [4.69, 9.17) is 14.6 Å². The first kappa shape index (κ1) is 19.9. The fourth-order valence-corrected chi connectivity index (χ4v) is 3.11. The van der Waals surface area contributed by atoms with Crippen molar-refractivity contribution in [3.63, 3.8) is 0 Å². The van der Waals surface area contributed by atoms with Crippen LogP contribution in [-0.4, -0.2) is 127 Å². The van der Waals surface area contributed by atoms with E-state index in [0.29, 0.717) is 0 Å². The topological polar surface area (TPSA) is 184 Å². The monoisotopic (exact) mass is 355 g/mol. The summed E-state index contributed by atoms with van der Waals surface area (Å²) in [6.07, 6.45) is -13.1. The zero-order valence-electron chi connectivity index (χ0n) is 13.0. The van der Waals surface area contributed by atoms with E-state index in [9.17, 15) is 35.7 Å². The molecule has 0 radical (unpaired) electrons. The molecule has 0 spiro atoms. The average Bonchev–Trinajstić information content (AvgIpc) is 2.56. The van der Waals surface area contributed by atoms with E-state index in [1.54, 1.807) is 0 Å². The summed E-state index contributed by atoms with van der Waals surface area (Å²) in [4.78, 5) is 1.13. The minimum Gasteiger partial charge on any atom is -0.394 e. The van der Waals surface area contributed by atoms with Gasteiger partial charge in [-0.15, -0.1) is 0 Å². The first-order valence-corrected chi connectivity index (χ1v) is 7.57. The highest BCUT2D eigenvalue weighted by molar-refractivity contribution is 4.98. The van der Waals surface area contributed by atoms with Crippen LogP contribution in [-0.2, 0) is 9.47 Å². The molecule has 0 aromatic carbocycles. The summed E-state index contributed by atoms with van der Waals surface area (Å²) in [7, 11) is 1.33. The molecule has 0 amide bonds. The second-order valence-corrected chi connectivity index (χ2v) is 6.10. The summed E-state index contributed by atoms with van der Waals surface area (Å²) >= 11 is 0. The molecule has 2 rings (SSSR count). The van der Waals surface area contributed by atoms with E-state index in [-0.39, 0.29) is 0 Å². The van der Waals surface area contributed by atoms with E-state index >= 15 is 0 Å². The van der Waals surface area contributed by atoms with Crippen LogP contribution in [0.25, 0.3) is 0 Å². The Hall–Kier alpha value is -0.440. The van der Waals surface area contributed by atoms with Crippen molar-refractivity contribution in [3.8, 4) is 0 Å². The Balaban J connectivity index is 2.18. The second-order valence-electron chi connectivity index (χ2n) is 6.10. The number of aliphatic hydroxyl groups excluding tert-OH is 8. The lowest BCUT2D eigenvalue weighted by molar-refractivity contribution is -0.312. The quantitative estimate of drug-likeness (QED) is 0.241. The third kappa shape index (κ3) is 3.43. The summed E-state index contributed by atoms with van der Waals surface area (Å²) in [6.45, 7) is -1.25. The molecular weight excluding hydrogens is 330 g/mol. The van der Waals surface area contributed by atoms with Gasteiger partial charge in [0.15, 0.2) is 6.29 Å². The summed E-state index contributed by atoms with van der Waals surface area (Å²) in [5.41, 5.74) is 0. The van der Waals surface area contributed by atoms with Gasteiger partial charge in [-0.3, -0.25) is 4.90 Å². The highest BCUT2D eigenvalue weighted by Gasteiger charge is 2.51. The average molecular weight is 355 g/mol. The van der Waals surface area contributed by atoms with Crippen LogP contribution in [0.4, 0.5) is 0 Å². The lowest BCUT2D eigenvalue weighted by atomic mass is 9.93. The Morgan fingerprint density at radius 2 is 1.21 bits per heavy atom. The number of hydrogen-bond donors (Lipinski definition) is 8. The minimum atomic E-state index is -1.63. The molecule has 11 heteroatoms. The Morgan fingerprint density at radius 3 is 1.75 bits per heavy atom. The Bertz CT molecular complexity index is 412. The third-order valence-corrected chi connectivity index (χ3v) is 4.61. The lowest BCUT2D eigenvalue weighted by Gasteiger charge is -2.49. The van der Waals surface area contributed by atoms with Gasteiger partial charge < -0.3 is 50.3 Å². The molecular formula is C13H25NO10. The molecule has 142 valence electrons. The predicted octanol–water partition coefficient (Wildman–Crippen LogP) is -5.48. The van der Waals surface area contributed by atoms with Crippen molar-refractivity contribution in [1.82, 2.24) is 4.90 Å². The molecule has 0 aromatic heterocycles. The van der Waals surface area contributed by atoms with Crippen molar-refractivity contribution in [3.05, 3.63) is 0 Å². The molecule has 2 aliphatic heterocycles. The molecule has 2 aliphatic rings. The van der Waals surface area contributed by atoms with E-state index in [2.05, 4.69) is 0 Å². The van der Waals surface area contributed by atoms with Crippen LogP contribution in [0.15, 0.2) is 0 Å². The minimum absolute atomic E-state index is 0.619. The predicted molar refractivity (Wildman–Crippen MR) is 75.3 cm³/mol. The van der Waals surface area contributed by atoms with E-state index in [0.717, 1.165) is 4.90 Å². The maximum absolute atomic E-state index is 10.2. The van der Waals surface area contributed by atoms with Gasteiger partial charge >= 0.3 is 0 Å². The maximum Gasteiger partial charge on any atom is 0.173 e. The third-order valence-electron chi connectivity index (χ3n) is 4.61. The van der Waals surface area contributed by atoms with Crippen LogP contribution >= 0.6 is 0 Å². The standard InChI is InChI=1S/C13H25NO10/c1-14(6-9(19)7(17)5(3-16)24-13(6)22)12-11(21)10(20)8(18)4(2-15)23-12/h4-13,15-22H,2-3H2,1H3/t4-,5-,6-,7-,8-,9-,10+,11-,12?,13?/m1/s1. The molecule has 11 nitrogen and oxygen atoms in total. The van der Waals surface area contributed by atoms with Crippen LogP contribution < -0.4 is 0 Å². The number of aliphatic hydroxyl groups is 8. The van der Waals surface area contributed by atoms with Crippen LogP contribution in [0.3, 0.4) is 0 Å². The number of likely N-dealkylation sites (N-methyl/N-ethyl adjacent to an activating group) is 1. The van der Waals surface area contributed by atoms with Crippen molar-refractivity contribution < 1.29 is 50.3 Å². The smallest absolute Gasteiger partial charge is 0.173 e. The molecule has 0 aliphatic carbocycles. The van der Waals surface area contributed by atoms with Crippen molar-refractivity contribution in [2.75, 3.05) is 20.3 Å². The molecule has 0 aromatic rings.